The first-order valence-corrected chi connectivity index (χ1v) is 10.0. The summed E-state index contributed by atoms with van der Waals surface area (Å²) in [5.74, 6) is -2.88. The van der Waals surface area contributed by atoms with Crippen molar-refractivity contribution in [1.29, 1.82) is 0 Å². The van der Waals surface area contributed by atoms with Crippen molar-refractivity contribution in [3.63, 3.8) is 0 Å². The Labute approximate surface area is 184 Å². The number of nitrogens with one attached hydrogen (secondary N) is 2. The number of aliphatic hydroxyl groups is 1. The van der Waals surface area contributed by atoms with E-state index >= 15 is 0 Å². The minimum Gasteiger partial charge on any atom is -0.463 e. The van der Waals surface area contributed by atoms with Crippen LogP contribution in [0.5, 0.6) is 0 Å². The molecule has 1 aliphatic rings. The molecule has 184 valence electrons. The highest BCUT2D eigenvalue weighted by Crippen LogP contribution is 2.19. The Bertz CT molecular complexity index is 646. The Kier molecular flexibility index (Phi) is 12.0. The summed E-state index contributed by atoms with van der Waals surface area (Å²) in [6.07, 6.45) is -4.83. The average molecular weight is 469 g/mol. The van der Waals surface area contributed by atoms with Crippen LogP contribution < -0.4 is 10.6 Å². The standard InChI is InChI=1S/C19H30F3N3O7/c1-13(23-2)3-4-17(28)32-11-14-9-15(26)10-25(14)16(27)12-31-8-7-30-6-5-24-18(29)19(20,21)22/h14-15,23,26H,1,3-12H2,2H3,(H,24,29)/t14-,15+/m0/s1. The van der Waals surface area contributed by atoms with Gasteiger partial charge in [-0.1, -0.05) is 6.58 Å². The number of carbonyl (C=O) groups excluding carboxylic acids is 3. The smallest absolute Gasteiger partial charge is 0.463 e. The summed E-state index contributed by atoms with van der Waals surface area (Å²) in [6, 6.07) is -0.467. The molecule has 0 aromatic carbocycles. The summed E-state index contributed by atoms with van der Waals surface area (Å²) < 4.78 is 51.4. The number of alkyl halides is 3. The molecule has 0 radical (unpaired) electrons. The lowest BCUT2D eigenvalue weighted by Crippen LogP contribution is -2.41. The molecule has 0 bridgehead atoms. The first-order valence-electron chi connectivity index (χ1n) is 10.0. The van der Waals surface area contributed by atoms with E-state index < -0.39 is 36.1 Å². The molecule has 2 atom stereocenters. The number of amides is 2. The molecule has 1 aliphatic heterocycles. The minimum atomic E-state index is -4.94. The van der Waals surface area contributed by atoms with E-state index in [1.54, 1.807) is 12.4 Å². The number of aliphatic hydroxyl groups excluding tert-OH is 1. The SMILES string of the molecule is C=C(CCC(=O)OC[C@@H]1C[C@@H](O)CN1C(=O)COCCOCCNC(=O)C(F)(F)F)NC. The zero-order valence-corrected chi connectivity index (χ0v) is 17.9. The molecule has 1 heterocycles. The van der Waals surface area contributed by atoms with E-state index in [4.69, 9.17) is 14.2 Å². The second kappa shape index (κ2) is 13.9. The first-order chi connectivity index (χ1) is 15.0. The van der Waals surface area contributed by atoms with Crippen LogP contribution in [0.15, 0.2) is 12.3 Å². The molecule has 13 heteroatoms. The summed E-state index contributed by atoms with van der Waals surface area (Å²) in [5, 5.41) is 14.3. The van der Waals surface area contributed by atoms with Crippen molar-refractivity contribution in [3.05, 3.63) is 12.3 Å². The Morgan fingerprint density at radius 3 is 2.50 bits per heavy atom. The van der Waals surface area contributed by atoms with Gasteiger partial charge in [0.1, 0.15) is 13.2 Å². The summed E-state index contributed by atoms with van der Waals surface area (Å²) in [7, 11) is 1.70. The number of β-amino-alcohol motifs (C(OH)–C–C–N with tert-alkyl or cyclic N) is 1. The van der Waals surface area contributed by atoms with Gasteiger partial charge in [-0.15, -0.1) is 0 Å². The molecule has 0 spiro atoms. The number of hydrogen-bond donors (Lipinski definition) is 3. The van der Waals surface area contributed by atoms with Crippen molar-refractivity contribution in [2.24, 2.45) is 0 Å². The third-order valence-corrected chi connectivity index (χ3v) is 4.52. The molecule has 10 nitrogen and oxygen atoms in total. The van der Waals surface area contributed by atoms with Crippen LogP contribution >= 0.6 is 0 Å². The number of esters is 1. The minimum absolute atomic E-state index is 0.00432. The van der Waals surface area contributed by atoms with Crippen LogP contribution in [-0.2, 0) is 28.6 Å². The molecule has 1 saturated heterocycles. The maximum atomic E-state index is 12.3. The number of allylic oxidation sites excluding steroid dienone is 1. The van der Waals surface area contributed by atoms with Crippen molar-refractivity contribution >= 4 is 17.8 Å². The van der Waals surface area contributed by atoms with Crippen LogP contribution in [0.2, 0.25) is 0 Å². The van der Waals surface area contributed by atoms with E-state index in [1.807, 2.05) is 0 Å². The van der Waals surface area contributed by atoms with Gasteiger partial charge in [0.15, 0.2) is 0 Å². The Hall–Kier alpha value is -2.38. The maximum Gasteiger partial charge on any atom is 0.471 e. The summed E-state index contributed by atoms with van der Waals surface area (Å²) in [5.41, 5.74) is 0.697. The largest absolute Gasteiger partial charge is 0.471 e. The average Bonchev–Trinajstić information content (AvgIpc) is 3.11. The fraction of sp³-hybridized carbons (Fsp3) is 0.737. The van der Waals surface area contributed by atoms with Crippen LogP contribution in [-0.4, -0.2) is 99.3 Å². The Morgan fingerprint density at radius 2 is 1.84 bits per heavy atom. The van der Waals surface area contributed by atoms with Gasteiger partial charge in [-0.2, -0.15) is 13.2 Å². The quantitative estimate of drug-likeness (QED) is 0.234. The van der Waals surface area contributed by atoms with E-state index in [2.05, 4.69) is 11.9 Å². The highest BCUT2D eigenvalue weighted by molar-refractivity contribution is 5.81. The van der Waals surface area contributed by atoms with Crippen LogP contribution in [0, 0.1) is 0 Å². The van der Waals surface area contributed by atoms with E-state index in [-0.39, 0.29) is 59.0 Å². The van der Waals surface area contributed by atoms with Gasteiger partial charge in [0.25, 0.3) is 0 Å². The molecular formula is C19H30F3N3O7. The number of ether oxygens (including phenoxy) is 3. The third-order valence-electron chi connectivity index (χ3n) is 4.52. The number of hydrogen-bond acceptors (Lipinski definition) is 8. The molecule has 0 saturated carbocycles. The van der Waals surface area contributed by atoms with Gasteiger partial charge >= 0.3 is 18.1 Å². The maximum absolute atomic E-state index is 12.3. The predicted molar refractivity (Wildman–Crippen MR) is 105 cm³/mol. The van der Waals surface area contributed by atoms with Gasteiger partial charge in [0.05, 0.1) is 38.4 Å². The highest BCUT2D eigenvalue weighted by atomic mass is 19.4. The second-order valence-electron chi connectivity index (χ2n) is 7.04. The van der Waals surface area contributed by atoms with Gasteiger partial charge in [0, 0.05) is 25.8 Å². The van der Waals surface area contributed by atoms with Gasteiger partial charge < -0.3 is 34.9 Å². The van der Waals surface area contributed by atoms with Crippen molar-refractivity contribution in [2.75, 3.05) is 53.2 Å². The normalized spacial score (nSPS) is 18.3. The molecule has 0 aromatic heterocycles. The summed E-state index contributed by atoms with van der Waals surface area (Å²) >= 11 is 0. The molecular weight excluding hydrogens is 439 g/mol. The lowest BCUT2D eigenvalue weighted by atomic mass is 10.2. The van der Waals surface area contributed by atoms with Crippen molar-refractivity contribution < 1.29 is 46.9 Å². The van der Waals surface area contributed by atoms with Crippen molar-refractivity contribution in [3.8, 4) is 0 Å². The monoisotopic (exact) mass is 469 g/mol. The fourth-order valence-corrected chi connectivity index (χ4v) is 2.79. The van der Waals surface area contributed by atoms with E-state index in [9.17, 15) is 32.7 Å². The van der Waals surface area contributed by atoms with Gasteiger partial charge in [0.2, 0.25) is 5.91 Å². The van der Waals surface area contributed by atoms with Crippen molar-refractivity contribution in [1.82, 2.24) is 15.5 Å². The van der Waals surface area contributed by atoms with Gasteiger partial charge in [-0.3, -0.25) is 14.4 Å². The predicted octanol–water partition coefficient (Wildman–Crippen LogP) is -0.284. The molecule has 0 unspecified atom stereocenters. The summed E-state index contributed by atoms with van der Waals surface area (Å²) in [6.45, 7) is 3.02. The molecule has 2 amide bonds. The number of rotatable bonds is 14. The topological polar surface area (TPSA) is 126 Å². The van der Waals surface area contributed by atoms with E-state index in [0.29, 0.717) is 12.1 Å². The zero-order valence-electron chi connectivity index (χ0n) is 17.9. The Balaban J connectivity index is 2.21. The Morgan fingerprint density at radius 1 is 1.16 bits per heavy atom. The fourth-order valence-electron chi connectivity index (χ4n) is 2.79. The van der Waals surface area contributed by atoms with E-state index in [1.165, 1.54) is 4.90 Å². The second-order valence-corrected chi connectivity index (χ2v) is 7.04. The lowest BCUT2D eigenvalue weighted by Gasteiger charge is -2.24. The molecule has 0 aliphatic carbocycles. The number of nitrogens with zero attached hydrogens (tertiary/aromatic N) is 1. The third kappa shape index (κ3) is 10.8. The van der Waals surface area contributed by atoms with Crippen molar-refractivity contribution in [2.45, 2.75) is 37.6 Å². The first kappa shape index (κ1) is 27.7. The van der Waals surface area contributed by atoms with Crippen LogP contribution in [0.1, 0.15) is 19.3 Å². The molecule has 3 N–H and O–H groups in total. The molecule has 1 fully saturated rings. The number of likely N-dealkylation sites (tertiary alicyclic amines) is 1. The molecule has 32 heavy (non-hydrogen) atoms. The van der Waals surface area contributed by atoms with Gasteiger partial charge in [-0.05, 0) is 12.8 Å². The molecule has 0 aromatic rings. The van der Waals surface area contributed by atoms with Crippen LogP contribution in [0.3, 0.4) is 0 Å². The summed E-state index contributed by atoms with van der Waals surface area (Å²) in [4.78, 5) is 36.1. The van der Waals surface area contributed by atoms with E-state index in [0.717, 1.165) is 0 Å². The number of carbonyl (C=O) groups is 3. The number of halogens is 3. The highest BCUT2D eigenvalue weighted by Gasteiger charge is 2.38. The van der Waals surface area contributed by atoms with Gasteiger partial charge in [-0.25, -0.2) is 0 Å². The van der Waals surface area contributed by atoms with Crippen LogP contribution in [0.4, 0.5) is 13.2 Å². The zero-order chi connectivity index (χ0) is 24.1. The van der Waals surface area contributed by atoms with Crippen LogP contribution in [0.25, 0.3) is 0 Å². The molecule has 1 rings (SSSR count). The lowest BCUT2D eigenvalue weighted by molar-refractivity contribution is -0.173.